The van der Waals surface area contributed by atoms with E-state index in [1.165, 1.54) is 15.6 Å². The van der Waals surface area contributed by atoms with Crippen LogP contribution in [0.4, 0.5) is 0 Å². The number of hydrogen-bond acceptors (Lipinski definition) is 4. The highest BCUT2D eigenvalue weighted by molar-refractivity contribution is 7.17. The minimum absolute atomic E-state index is 0. The Morgan fingerprint density at radius 1 is 1.40 bits per heavy atom. The number of benzene rings is 1. The number of hydrogen-bond donors (Lipinski definition) is 2. The van der Waals surface area contributed by atoms with Crippen LogP contribution in [0.2, 0.25) is 0 Å². The third-order valence-corrected chi connectivity index (χ3v) is 6.49. The van der Waals surface area contributed by atoms with Gasteiger partial charge in [0.2, 0.25) is 5.91 Å². The van der Waals surface area contributed by atoms with Crippen molar-refractivity contribution in [3.05, 3.63) is 35.2 Å². The maximum absolute atomic E-state index is 12.6. The first-order valence-electron chi connectivity index (χ1n) is 8.54. The lowest BCUT2D eigenvalue weighted by Crippen LogP contribution is -2.75. The first-order valence-corrected chi connectivity index (χ1v) is 9.42. The molecule has 1 aromatic heterocycles. The van der Waals surface area contributed by atoms with E-state index in [-0.39, 0.29) is 29.8 Å². The summed E-state index contributed by atoms with van der Waals surface area (Å²) in [5.74, 6) is -0.0667. The maximum atomic E-state index is 12.6. The molecule has 0 bridgehead atoms. The first-order chi connectivity index (χ1) is 11.4. The molecule has 1 aliphatic carbocycles. The average molecular weight is 383 g/mol. The fourth-order valence-electron chi connectivity index (χ4n) is 3.52. The van der Waals surface area contributed by atoms with Crippen LogP contribution in [0.5, 0.6) is 0 Å². The molecule has 0 aliphatic heterocycles. The predicted octanol–water partition coefficient (Wildman–Crippen LogP) is 3.51. The van der Waals surface area contributed by atoms with E-state index >= 15 is 0 Å². The van der Waals surface area contributed by atoms with Crippen molar-refractivity contribution in [2.24, 2.45) is 11.1 Å². The Kier molecular flexibility index (Phi) is 6.15. The van der Waals surface area contributed by atoms with Crippen LogP contribution in [-0.2, 0) is 16.0 Å². The Labute approximate surface area is 159 Å². The Balaban J connectivity index is 0.00000225. The minimum Gasteiger partial charge on any atom is -0.378 e. The van der Waals surface area contributed by atoms with Gasteiger partial charge in [-0.1, -0.05) is 32.0 Å². The second-order valence-corrected chi connectivity index (χ2v) is 8.02. The number of thiophene rings is 1. The molecule has 25 heavy (non-hydrogen) atoms. The molecule has 0 spiro atoms. The summed E-state index contributed by atoms with van der Waals surface area (Å²) in [5.41, 5.74) is 6.50. The van der Waals surface area contributed by atoms with Gasteiger partial charge >= 0.3 is 0 Å². The Morgan fingerprint density at radius 3 is 2.80 bits per heavy atom. The molecule has 1 fully saturated rings. The Hall–Kier alpha value is -1.14. The molecular formula is C19H27ClN2O2S. The summed E-state index contributed by atoms with van der Waals surface area (Å²) in [6, 6.07) is 8.36. The molecule has 0 saturated heterocycles. The van der Waals surface area contributed by atoms with Crippen molar-refractivity contribution < 1.29 is 9.53 Å². The molecule has 1 saturated carbocycles. The van der Waals surface area contributed by atoms with Crippen LogP contribution in [0.3, 0.4) is 0 Å². The molecule has 0 radical (unpaired) electrons. The van der Waals surface area contributed by atoms with Gasteiger partial charge in [-0.05, 0) is 35.7 Å². The van der Waals surface area contributed by atoms with Gasteiger partial charge in [-0.3, -0.25) is 4.79 Å². The summed E-state index contributed by atoms with van der Waals surface area (Å²) in [5, 5.41) is 6.48. The van der Waals surface area contributed by atoms with Crippen molar-refractivity contribution in [1.29, 1.82) is 0 Å². The second-order valence-electron chi connectivity index (χ2n) is 7.10. The number of amides is 1. The van der Waals surface area contributed by atoms with Crippen LogP contribution in [0.15, 0.2) is 29.6 Å². The van der Waals surface area contributed by atoms with E-state index in [9.17, 15) is 4.79 Å². The highest BCUT2D eigenvalue weighted by Crippen LogP contribution is 2.49. The van der Waals surface area contributed by atoms with Gasteiger partial charge < -0.3 is 15.8 Å². The number of fused-ring (bicyclic) bond motifs is 1. The van der Waals surface area contributed by atoms with Crippen molar-refractivity contribution in [3.63, 3.8) is 0 Å². The van der Waals surface area contributed by atoms with Crippen molar-refractivity contribution in [3.8, 4) is 0 Å². The highest BCUT2D eigenvalue weighted by Gasteiger charge is 2.62. The number of carbonyl (C=O) groups is 1. The van der Waals surface area contributed by atoms with E-state index in [2.05, 4.69) is 35.0 Å². The average Bonchev–Trinajstić information content (AvgIpc) is 2.97. The molecule has 2 atom stereocenters. The smallest absolute Gasteiger partial charge is 0.240 e. The highest BCUT2D eigenvalue weighted by atomic mass is 35.5. The van der Waals surface area contributed by atoms with Crippen LogP contribution in [0.25, 0.3) is 10.1 Å². The van der Waals surface area contributed by atoms with Crippen LogP contribution < -0.4 is 11.1 Å². The summed E-state index contributed by atoms with van der Waals surface area (Å²) >= 11 is 1.75. The van der Waals surface area contributed by atoms with Gasteiger partial charge in [-0.15, -0.1) is 23.7 Å². The van der Waals surface area contributed by atoms with Crippen LogP contribution >= 0.6 is 23.7 Å². The lowest BCUT2D eigenvalue weighted by molar-refractivity contribution is -0.170. The summed E-state index contributed by atoms with van der Waals surface area (Å²) in [6.45, 7) is 7.26. The van der Waals surface area contributed by atoms with E-state index < -0.39 is 5.54 Å². The first kappa shape index (κ1) is 20.2. The monoisotopic (exact) mass is 382 g/mol. The Morgan fingerprint density at radius 2 is 2.12 bits per heavy atom. The van der Waals surface area contributed by atoms with E-state index in [4.69, 9.17) is 10.5 Å². The SMILES string of the molecule is CCOC1CC(N)(C(=O)NCCc2csc3ccccc23)C1(C)C.Cl. The zero-order valence-electron chi connectivity index (χ0n) is 15.0. The number of halogens is 1. The molecule has 4 nitrogen and oxygen atoms in total. The molecule has 1 aliphatic rings. The zero-order valence-corrected chi connectivity index (χ0v) is 16.6. The van der Waals surface area contributed by atoms with Crippen molar-refractivity contribution in [1.82, 2.24) is 5.32 Å². The fourth-order valence-corrected chi connectivity index (χ4v) is 4.51. The largest absolute Gasteiger partial charge is 0.378 e. The van der Waals surface area contributed by atoms with Gasteiger partial charge in [-0.25, -0.2) is 0 Å². The standard InChI is InChI=1S/C19H26N2O2S.ClH/c1-4-23-16-11-19(20,18(16,2)3)17(22)21-10-9-13-12-24-15-8-6-5-7-14(13)15;/h5-8,12,16H,4,9-11,20H2,1-3H3,(H,21,22);1H. The van der Waals surface area contributed by atoms with E-state index in [0.29, 0.717) is 19.6 Å². The molecular weight excluding hydrogens is 356 g/mol. The summed E-state index contributed by atoms with van der Waals surface area (Å²) < 4.78 is 6.98. The second kappa shape index (κ2) is 7.62. The third-order valence-electron chi connectivity index (χ3n) is 5.48. The van der Waals surface area contributed by atoms with E-state index in [1.54, 1.807) is 11.3 Å². The van der Waals surface area contributed by atoms with Crippen LogP contribution in [0, 0.1) is 5.41 Å². The molecule has 6 heteroatoms. The molecule has 1 amide bonds. The van der Waals surface area contributed by atoms with Crippen molar-refractivity contribution in [2.75, 3.05) is 13.2 Å². The number of carbonyl (C=O) groups excluding carboxylic acids is 1. The normalized spacial score (nSPS) is 24.4. The number of ether oxygens (including phenoxy) is 1. The van der Waals surface area contributed by atoms with E-state index in [1.807, 2.05) is 20.8 Å². The molecule has 1 heterocycles. The van der Waals surface area contributed by atoms with Gasteiger partial charge in [0.25, 0.3) is 0 Å². The van der Waals surface area contributed by atoms with Crippen molar-refractivity contribution >= 4 is 39.7 Å². The lowest BCUT2D eigenvalue weighted by atomic mass is 9.54. The molecule has 2 unspecified atom stereocenters. The van der Waals surface area contributed by atoms with Gasteiger partial charge in [0.15, 0.2) is 0 Å². The number of nitrogens with one attached hydrogen (secondary N) is 1. The fraction of sp³-hybridized carbons (Fsp3) is 0.526. The van der Waals surface area contributed by atoms with Gasteiger partial charge in [0.05, 0.1) is 6.10 Å². The number of rotatable bonds is 6. The van der Waals surface area contributed by atoms with Crippen molar-refractivity contribution in [2.45, 2.75) is 45.3 Å². The maximum Gasteiger partial charge on any atom is 0.240 e. The minimum atomic E-state index is -0.844. The summed E-state index contributed by atoms with van der Waals surface area (Å²) in [7, 11) is 0. The predicted molar refractivity (Wildman–Crippen MR) is 107 cm³/mol. The third kappa shape index (κ3) is 3.43. The summed E-state index contributed by atoms with van der Waals surface area (Å²) in [6.07, 6.45) is 1.46. The molecule has 3 rings (SSSR count). The molecule has 1 aromatic carbocycles. The van der Waals surface area contributed by atoms with Crippen LogP contribution in [0.1, 0.15) is 32.8 Å². The lowest BCUT2D eigenvalue weighted by Gasteiger charge is -2.57. The zero-order chi connectivity index (χ0) is 17.4. The van der Waals surface area contributed by atoms with Gasteiger partial charge in [0, 0.05) is 29.7 Å². The van der Waals surface area contributed by atoms with E-state index in [0.717, 1.165) is 6.42 Å². The molecule has 3 N–H and O–H groups in total. The van der Waals surface area contributed by atoms with Crippen LogP contribution in [-0.4, -0.2) is 30.7 Å². The summed E-state index contributed by atoms with van der Waals surface area (Å²) in [4.78, 5) is 12.6. The molecule has 2 aromatic rings. The molecule has 138 valence electrons. The topological polar surface area (TPSA) is 64.3 Å². The quantitative estimate of drug-likeness (QED) is 0.803. The number of nitrogens with two attached hydrogens (primary N) is 1. The van der Waals surface area contributed by atoms with Gasteiger partial charge in [0.1, 0.15) is 5.54 Å². The van der Waals surface area contributed by atoms with Gasteiger partial charge in [-0.2, -0.15) is 0 Å². The Bertz CT molecular complexity index is 746.